The molecule has 144 valence electrons. The van der Waals surface area contributed by atoms with Crippen molar-refractivity contribution in [3.8, 4) is 0 Å². The minimum absolute atomic E-state index is 0.122. The molecule has 0 aromatic heterocycles. The quantitative estimate of drug-likeness (QED) is 0.680. The van der Waals surface area contributed by atoms with Gasteiger partial charge in [0.05, 0.1) is 17.7 Å². The third kappa shape index (κ3) is 3.67. The van der Waals surface area contributed by atoms with Crippen LogP contribution in [0.2, 0.25) is 0 Å². The zero-order chi connectivity index (χ0) is 20.5. The summed E-state index contributed by atoms with van der Waals surface area (Å²) in [5.41, 5.74) is 4.89. The average Bonchev–Trinajstić information content (AvgIpc) is 2.93. The van der Waals surface area contributed by atoms with Gasteiger partial charge in [-0.1, -0.05) is 30.3 Å². The lowest BCUT2D eigenvalue weighted by Crippen LogP contribution is -2.29. The van der Waals surface area contributed by atoms with Gasteiger partial charge in [-0.3, -0.25) is 19.3 Å². The van der Waals surface area contributed by atoms with Crippen LogP contribution in [0.25, 0.3) is 0 Å². The van der Waals surface area contributed by atoms with Gasteiger partial charge >= 0.3 is 0 Å². The molecule has 0 aliphatic carbocycles. The molecular weight excluding hydrogens is 364 g/mol. The maximum Gasteiger partial charge on any atom is 0.261 e. The molecule has 3 aromatic rings. The van der Waals surface area contributed by atoms with E-state index < -0.39 is 0 Å². The number of carbonyl (C=O) groups is 3. The Labute approximate surface area is 169 Å². The Morgan fingerprint density at radius 1 is 0.828 bits per heavy atom. The van der Waals surface area contributed by atoms with Crippen LogP contribution in [0.5, 0.6) is 0 Å². The fourth-order valence-corrected chi connectivity index (χ4v) is 3.63. The number of nitrogens with zero attached hydrogens (tertiary/aromatic N) is 1. The largest absolute Gasteiger partial charge is 0.322 e. The predicted molar refractivity (Wildman–Crippen MR) is 111 cm³/mol. The van der Waals surface area contributed by atoms with Crippen molar-refractivity contribution in [3.05, 3.63) is 100 Å². The van der Waals surface area contributed by atoms with Gasteiger partial charge in [-0.25, -0.2) is 0 Å². The molecule has 1 N–H and O–H groups in total. The van der Waals surface area contributed by atoms with E-state index in [4.69, 9.17) is 0 Å². The molecule has 3 aromatic carbocycles. The zero-order valence-corrected chi connectivity index (χ0v) is 16.2. The van der Waals surface area contributed by atoms with Gasteiger partial charge in [-0.05, 0) is 66.9 Å². The molecule has 1 aliphatic rings. The number of aryl methyl sites for hydroxylation is 2. The first kappa shape index (κ1) is 18.6. The summed E-state index contributed by atoms with van der Waals surface area (Å²) in [4.78, 5) is 39.0. The Kier molecular flexibility index (Phi) is 4.72. The normalized spacial score (nSPS) is 12.8. The van der Waals surface area contributed by atoms with Crippen LogP contribution in [0, 0.1) is 13.8 Å². The number of fused-ring (bicyclic) bond motifs is 1. The van der Waals surface area contributed by atoms with Gasteiger partial charge in [-0.2, -0.15) is 0 Å². The van der Waals surface area contributed by atoms with Gasteiger partial charge in [0.2, 0.25) is 0 Å². The summed E-state index contributed by atoms with van der Waals surface area (Å²) in [6, 6.07) is 19.6. The molecular formula is C24H20N2O3. The van der Waals surface area contributed by atoms with Gasteiger partial charge in [0.1, 0.15) is 0 Å². The molecule has 0 fully saturated rings. The molecule has 1 heterocycles. The summed E-state index contributed by atoms with van der Waals surface area (Å²) in [5, 5.41) is 2.91. The first-order valence-electron chi connectivity index (χ1n) is 9.36. The van der Waals surface area contributed by atoms with Crippen LogP contribution in [-0.2, 0) is 6.54 Å². The number of nitrogens with one attached hydrogen (secondary N) is 1. The van der Waals surface area contributed by atoms with Crippen LogP contribution in [-0.4, -0.2) is 22.6 Å². The molecule has 0 atom stereocenters. The molecule has 0 spiro atoms. The fourth-order valence-electron chi connectivity index (χ4n) is 3.63. The zero-order valence-electron chi connectivity index (χ0n) is 16.2. The van der Waals surface area contributed by atoms with E-state index in [0.717, 1.165) is 16.8 Å². The Hall–Kier alpha value is -3.73. The lowest BCUT2D eigenvalue weighted by molar-refractivity contribution is 0.0642. The predicted octanol–water partition coefficient (Wildman–Crippen LogP) is 4.35. The van der Waals surface area contributed by atoms with E-state index in [1.165, 1.54) is 4.90 Å². The van der Waals surface area contributed by atoms with Gasteiger partial charge in [0.25, 0.3) is 17.7 Å². The van der Waals surface area contributed by atoms with Gasteiger partial charge in [-0.15, -0.1) is 0 Å². The number of hydrogen-bond donors (Lipinski definition) is 1. The highest BCUT2D eigenvalue weighted by Crippen LogP contribution is 2.24. The van der Waals surface area contributed by atoms with Crippen molar-refractivity contribution in [3.63, 3.8) is 0 Å². The highest BCUT2D eigenvalue weighted by atomic mass is 16.2. The van der Waals surface area contributed by atoms with E-state index in [0.29, 0.717) is 22.3 Å². The second-order valence-corrected chi connectivity index (χ2v) is 7.27. The molecule has 29 heavy (non-hydrogen) atoms. The van der Waals surface area contributed by atoms with E-state index in [1.807, 2.05) is 32.0 Å². The van der Waals surface area contributed by atoms with E-state index >= 15 is 0 Å². The van der Waals surface area contributed by atoms with E-state index in [1.54, 1.807) is 48.5 Å². The third-order valence-corrected chi connectivity index (χ3v) is 4.89. The average molecular weight is 384 g/mol. The minimum atomic E-state index is -0.310. The second kappa shape index (κ2) is 7.36. The van der Waals surface area contributed by atoms with Crippen LogP contribution in [0.3, 0.4) is 0 Å². The lowest BCUT2D eigenvalue weighted by atomic mass is 10.1. The molecule has 5 heteroatoms. The van der Waals surface area contributed by atoms with Crippen molar-refractivity contribution < 1.29 is 14.4 Å². The second-order valence-electron chi connectivity index (χ2n) is 7.27. The van der Waals surface area contributed by atoms with Crippen LogP contribution in [0.4, 0.5) is 5.69 Å². The van der Waals surface area contributed by atoms with Gasteiger partial charge < -0.3 is 5.32 Å². The Morgan fingerprint density at radius 3 is 2.07 bits per heavy atom. The van der Waals surface area contributed by atoms with Crippen LogP contribution in [0.15, 0.2) is 66.7 Å². The minimum Gasteiger partial charge on any atom is -0.322 e. The first-order chi connectivity index (χ1) is 13.9. The third-order valence-electron chi connectivity index (χ3n) is 4.89. The van der Waals surface area contributed by atoms with Crippen LogP contribution in [0.1, 0.15) is 47.8 Å². The summed E-state index contributed by atoms with van der Waals surface area (Å²) in [7, 11) is 0. The van der Waals surface area contributed by atoms with Crippen LogP contribution >= 0.6 is 0 Å². The number of hydrogen-bond acceptors (Lipinski definition) is 3. The number of anilines is 1. The molecule has 0 unspecified atom stereocenters. The topological polar surface area (TPSA) is 66.5 Å². The number of carbonyl (C=O) groups excluding carboxylic acids is 3. The Balaban J connectivity index is 1.53. The van der Waals surface area contributed by atoms with Crippen molar-refractivity contribution >= 4 is 23.4 Å². The van der Waals surface area contributed by atoms with E-state index in [9.17, 15) is 14.4 Å². The highest BCUT2D eigenvalue weighted by Gasteiger charge is 2.34. The lowest BCUT2D eigenvalue weighted by Gasteiger charge is -2.14. The van der Waals surface area contributed by atoms with Crippen molar-refractivity contribution in [2.75, 3.05) is 5.32 Å². The smallest absolute Gasteiger partial charge is 0.261 e. The maximum atomic E-state index is 12.7. The van der Waals surface area contributed by atoms with E-state index in [2.05, 4.69) is 5.32 Å². The number of rotatable bonds is 4. The molecule has 4 rings (SSSR count). The summed E-state index contributed by atoms with van der Waals surface area (Å²) in [6.45, 7) is 4.08. The molecule has 0 saturated heterocycles. The Bertz CT molecular complexity index is 1100. The number of benzene rings is 3. The summed E-state index contributed by atoms with van der Waals surface area (Å²) >= 11 is 0. The Morgan fingerprint density at radius 2 is 1.45 bits per heavy atom. The molecule has 3 amide bonds. The molecule has 1 aliphatic heterocycles. The summed E-state index contributed by atoms with van der Waals surface area (Å²) in [5.74, 6) is -0.856. The fraction of sp³-hybridized carbons (Fsp3) is 0.125. The summed E-state index contributed by atoms with van der Waals surface area (Å²) < 4.78 is 0. The van der Waals surface area contributed by atoms with E-state index in [-0.39, 0.29) is 24.3 Å². The van der Waals surface area contributed by atoms with Crippen molar-refractivity contribution in [1.82, 2.24) is 4.90 Å². The van der Waals surface area contributed by atoms with Gasteiger partial charge in [0, 0.05) is 11.3 Å². The maximum absolute atomic E-state index is 12.7. The summed E-state index contributed by atoms with van der Waals surface area (Å²) in [6.07, 6.45) is 0. The number of imide groups is 1. The van der Waals surface area contributed by atoms with Crippen molar-refractivity contribution in [2.45, 2.75) is 20.4 Å². The molecule has 5 nitrogen and oxygen atoms in total. The SMILES string of the molecule is Cc1cc(C)cc(NC(=O)c2cccc(CN3C(=O)c4ccccc4C3=O)c2)c1. The van der Waals surface area contributed by atoms with Crippen molar-refractivity contribution in [2.24, 2.45) is 0 Å². The van der Waals surface area contributed by atoms with Crippen LogP contribution < -0.4 is 5.32 Å². The monoisotopic (exact) mass is 384 g/mol. The highest BCUT2D eigenvalue weighted by molar-refractivity contribution is 6.21. The number of amides is 3. The molecule has 0 saturated carbocycles. The van der Waals surface area contributed by atoms with Gasteiger partial charge in [0.15, 0.2) is 0 Å². The standard InChI is InChI=1S/C24H20N2O3/c1-15-10-16(2)12-19(11-15)25-22(27)18-7-5-6-17(13-18)14-26-23(28)20-8-3-4-9-21(20)24(26)29/h3-13H,14H2,1-2H3,(H,25,27). The molecule has 0 radical (unpaired) electrons. The molecule has 0 bridgehead atoms. The van der Waals surface area contributed by atoms with Crippen molar-refractivity contribution in [1.29, 1.82) is 0 Å². The first-order valence-corrected chi connectivity index (χ1v) is 9.36.